The Kier molecular flexibility index (Phi) is 32.8. The molecule has 1 atom stereocenters. The Morgan fingerprint density at radius 3 is 1.84 bits per heavy atom. The molecule has 0 unspecified atom stereocenters. The predicted molar refractivity (Wildman–Crippen MR) is 153 cm³/mol. The van der Waals surface area contributed by atoms with Crippen LogP contribution in [0, 0.1) is 25.7 Å². The van der Waals surface area contributed by atoms with E-state index in [4.69, 9.17) is 9.47 Å². The van der Waals surface area contributed by atoms with Crippen molar-refractivity contribution in [3.63, 3.8) is 0 Å². The number of hydrogen-bond acceptors (Lipinski definition) is 5. The molecule has 1 aliphatic heterocycles. The van der Waals surface area contributed by atoms with Gasteiger partial charge in [-0.3, -0.25) is 9.59 Å². The van der Waals surface area contributed by atoms with Crippen LogP contribution in [-0.2, 0) is 9.59 Å². The smallest absolute Gasteiger partial charge is 0.413 e. The molecule has 1 aromatic carbocycles. The van der Waals surface area contributed by atoms with Gasteiger partial charge in [0.05, 0.1) is 7.11 Å². The number of ether oxygens (including phenoxy) is 2. The van der Waals surface area contributed by atoms with Crippen molar-refractivity contribution in [1.82, 2.24) is 15.5 Å². The van der Waals surface area contributed by atoms with Crippen LogP contribution in [0.3, 0.4) is 0 Å². The van der Waals surface area contributed by atoms with E-state index >= 15 is 0 Å². The minimum Gasteiger partial charge on any atom is -0.497 e. The average Bonchev–Trinajstić information content (AvgIpc) is 3.70. The summed E-state index contributed by atoms with van der Waals surface area (Å²) >= 11 is 0. The quantitative estimate of drug-likeness (QED) is 0.313. The number of terminal acetylenes is 2. The molecule has 0 spiro atoms. The minimum atomic E-state index is -0.639. The summed E-state index contributed by atoms with van der Waals surface area (Å²) in [4.78, 5) is 34.9. The number of rotatable bonds is 6. The van der Waals surface area contributed by atoms with E-state index in [1.54, 1.807) is 36.3 Å². The van der Waals surface area contributed by atoms with Gasteiger partial charge in [0.15, 0.2) is 0 Å². The highest BCUT2D eigenvalue weighted by atomic mass is 16.6. The van der Waals surface area contributed by atoms with Gasteiger partial charge in [-0.25, -0.2) is 4.79 Å². The Balaban J connectivity index is -0.000000282. The number of benzene rings is 1. The summed E-state index contributed by atoms with van der Waals surface area (Å²) in [5.74, 6) is 1.00. The van der Waals surface area contributed by atoms with Crippen molar-refractivity contribution < 1.29 is 23.9 Å². The van der Waals surface area contributed by atoms with Gasteiger partial charge < -0.3 is 25.0 Å². The monoisotopic (exact) mass is 517 g/mol. The first-order chi connectivity index (χ1) is 18.0. The number of carbonyl (C=O) groups is 3. The first-order valence-corrected chi connectivity index (χ1v) is 12.3. The summed E-state index contributed by atoms with van der Waals surface area (Å²) in [6.45, 7) is 16.7. The van der Waals surface area contributed by atoms with E-state index in [9.17, 15) is 14.4 Å². The van der Waals surface area contributed by atoms with Crippen molar-refractivity contribution in [2.24, 2.45) is 0 Å². The van der Waals surface area contributed by atoms with Crippen LogP contribution in [0.2, 0.25) is 0 Å². The van der Waals surface area contributed by atoms with Gasteiger partial charge in [-0.2, -0.15) is 0 Å². The van der Waals surface area contributed by atoms with E-state index < -0.39 is 6.09 Å². The van der Waals surface area contributed by atoms with E-state index in [1.807, 2.05) is 34.6 Å². The topological polar surface area (TPSA) is 97.0 Å². The minimum absolute atomic E-state index is 0.0423. The van der Waals surface area contributed by atoms with Gasteiger partial charge in [0, 0.05) is 18.6 Å². The fourth-order valence-corrected chi connectivity index (χ4v) is 2.69. The second-order valence-corrected chi connectivity index (χ2v) is 6.56. The van der Waals surface area contributed by atoms with E-state index in [0.717, 1.165) is 25.8 Å². The van der Waals surface area contributed by atoms with E-state index in [1.165, 1.54) is 12.8 Å². The third kappa shape index (κ3) is 21.1. The lowest BCUT2D eigenvalue weighted by Gasteiger charge is -2.21. The number of nitrogens with zero attached hydrogens (tertiary/aromatic N) is 1. The molecule has 8 nitrogen and oxygen atoms in total. The van der Waals surface area contributed by atoms with Gasteiger partial charge in [0.1, 0.15) is 18.0 Å². The van der Waals surface area contributed by atoms with Crippen LogP contribution in [0.1, 0.15) is 60.3 Å². The van der Waals surface area contributed by atoms with Crippen molar-refractivity contribution in [2.75, 3.05) is 20.2 Å². The van der Waals surface area contributed by atoms with Gasteiger partial charge in [-0.1, -0.05) is 27.7 Å². The standard InChI is InChI=1S/C15H20N2O4.C4H7NO.2C2H6.C2H4.2C2H2/c1-11-4-3-9-17(11)14(18)10-16-15(19)21-13-7-5-12(20-2)6-8-13;6-3-5-4-1-2-4;5*1-2/h5-8,11H,3-4,9-10H2,1-2H3,(H,16,19);3-4H,1-2H2,(H,5,6);2*1-2H3;1-2H2;2*1-2H/t11-;;;;;;/m1....../s1. The molecule has 0 radical (unpaired) electrons. The molecule has 0 aromatic heterocycles. The lowest BCUT2D eigenvalue weighted by molar-refractivity contribution is -0.130. The number of nitrogens with one attached hydrogen (secondary N) is 2. The predicted octanol–water partition coefficient (Wildman–Crippen LogP) is 5.04. The third-order valence-corrected chi connectivity index (χ3v) is 4.41. The van der Waals surface area contributed by atoms with Crippen molar-refractivity contribution in [3.8, 4) is 37.2 Å². The molecule has 1 heterocycles. The summed E-state index contributed by atoms with van der Waals surface area (Å²) < 4.78 is 10.1. The number of methoxy groups -OCH3 is 1. The van der Waals surface area contributed by atoms with Crippen LogP contribution < -0.4 is 20.1 Å². The van der Waals surface area contributed by atoms with Crippen molar-refractivity contribution >= 4 is 18.4 Å². The van der Waals surface area contributed by atoms with Crippen LogP contribution in [0.25, 0.3) is 0 Å². The molecule has 208 valence electrons. The number of hydrogen-bond donors (Lipinski definition) is 2. The lowest BCUT2D eigenvalue weighted by Crippen LogP contribution is -2.42. The fourth-order valence-electron chi connectivity index (χ4n) is 2.69. The zero-order valence-electron chi connectivity index (χ0n) is 23.5. The zero-order valence-corrected chi connectivity index (χ0v) is 23.5. The molecule has 1 aliphatic carbocycles. The molecule has 1 saturated carbocycles. The van der Waals surface area contributed by atoms with Crippen molar-refractivity contribution in [1.29, 1.82) is 0 Å². The highest BCUT2D eigenvalue weighted by Gasteiger charge is 2.25. The third-order valence-electron chi connectivity index (χ3n) is 4.41. The molecule has 1 aromatic rings. The molecular formula is C29H47N3O5. The summed E-state index contributed by atoms with van der Waals surface area (Å²) in [7, 11) is 1.56. The highest BCUT2D eigenvalue weighted by molar-refractivity contribution is 5.83. The summed E-state index contributed by atoms with van der Waals surface area (Å²) in [5.41, 5.74) is 0. The summed E-state index contributed by atoms with van der Waals surface area (Å²) in [5, 5.41) is 5.11. The molecular weight excluding hydrogens is 470 g/mol. The average molecular weight is 518 g/mol. The summed E-state index contributed by atoms with van der Waals surface area (Å²) in [6.07, 6.45) is 20.5. The highest BCUT2D eigenvalue weighted by Crippen LogP contribution is 2.18. The maximum atomic E-state index is 11.9. The summed E-state index contributed by atoms with van der Waals surface area (Å²) in [6, 6.07) is 7.42. The fraction of sp³-hybridized carbons (Fsp3) is 0.483. The molecule has 0 bridgehead atoms. The molecule has 37 heavy (non-hydrogen) atoms. The van der Waals surface area contributed by atoms with E-state index in [2.05, 4.69) is 49.5 Å². The molecule has 2 fully saturated rings. The van der Waals surface area contributed by atoms with Crippen LogP contribution in [0.4, 0.5) is 4.79 Å². The largest absolute Gasteiger partial charge is 0.497 e. The maximum absolute atomic E-state index is 11.9. The van der Waals surface area contributed by atoms with Gasteiger partial charge in [0.2, 0.25) is 12.3 Å². The van der Waals surface area contributed by atoms with Crippen LogP contribution >= 0.6 is 0 Å². The normalized spacial score (nSPS) is 13.7. The SMILES string of the molecule is C#C.C#C.C=C.CC.CC.COc1ccc(OC(=O)NCC(=O)N2CCC[C@H]2C)cc1.O=CNC1CC1. The first-order valence-electron chi connectivity index (χ1n) is 12.3. The van der Waals surface area contributed by atoms with Crippen molar-refractivity contribution in [2.45, 2.75) is 72.4 Å². The Bertz CT molecular complexity index is 722. The zero-order chi connectivity index (χ0) is 29.6. The maximum Gasteiger partial charge on any atom is 0.413 e. The van der Waals surface area contributed by atoms with Gasteiger partial charge in [-0.15, -0.1) is 38.9 Å². The Hall–Kier alpha value is -3.91. The molecule has 3 rings (SSSR count). The van der Waals surface area contributed by atoms with Crippen LogP contribution in [-0.4, -0.2) is 55.6 Å². The Morgan fingerprint density at radius 1 is 1.00 bits per heavy atom. The molecule has 2 N–H and O–H groups in total. The molecule has 2 aliphatic rings. The first kappa shape index (κ1) is 40.3. The van der Waals surface area contributed by atoms with Crippen LogP contribution in [0.15, 0.2) is 37.4 Å². The Morgan fingerprint density at radius 2 is 1.49 bits per heavy atom. The second-order valence-electron chi connectivity index (χ2n) is 6.56. The number of carbonyl (C=O) groups excluding carboxylic acids is 3. The van der Waals surface area contributed by atoms with Crippen molar-refractivity contribution in [3.05, 3.63) is 37.4 Å². The molecule has 3 amide bonds. The van der Waals surface area contributed by atoms with Crippen LogP contribution in [0.5, 0.6) is 11.5 Å². The number of likely N-dealkylation sites (tertiary alicyclic amines) is 1. The lowest BCUT2D eigenvalue weighted by atomic mass is 10.2. The van der Waals surface area contributed by atoms with Gasteiger partial charge >= 0.3 is 6.09 Å². The number of amides is 3. The van der Waals surface area contributed by atoms with E-state index in [0.29, 0.717) is 17.5 Å². The van der Waals surface area contributed by atoms with Gasteiger partial charge in [0.25, 0.3) is 0 Å². The molecule has 8 heteroatoms. The van der Waals surface area contributed by atoms with Gasteiger partial charge in [-0.05, 0) is 56.9 Å². The van der Waals surface area contributed by atoms with E-state index in [-0.39, 0.29) is 18.5 Å². The molecule has 1 saturated heterocycles. The second kappa shape index (κ2) is 30.1. The Labute approximate surface area is 225 Å².